The van der Waals surface area contributed by atoms with E-state index in [0.29, 0.717) is 22.5 Å². The number of hydrogen-bond donors (Lipinski definition) is 2. The zero-order valence-electron chi connectivity index (χ0n) is 15.5. The smallest absolute Gasteiger partial charge is 0.271 e. The predicted octanol–water partition coefficient (Wildman–Crippen LogP) is 3.68. The Labute approximate surface area is 169 Å². The minimum atomic E-state index is -0.663. The topological polar surface area (TPSA) is 119 Å². The van der Waals surface area contributed by atoms with E-state index in [0.717, 1.165) is 0 Å². The highest BCUT2D eigenvalue weighted by Gasteiger charge is 2.18. The summed E-state index contributed by atoms with van der Waals surface area (Å²) in [5.74, 6) is -0.731. The maximum atomic E-state index is 12.7. The van der Waals surface area contributed by atoms with Gasteiger partial charge in [0.15, 0.2) is 10.6 Å². The second-order valence-electron chi connectivity index (χ2n) is 6.01. The van der Waals surface area contributed by atoms with E-state index in [4.69, 9.17) is 17.0 Å². The first kappa shape index (κ1) is 20.0. The predicted molar refractivity (Wildman–Crippen MR) is 110 cm³/mol. The number of H-pyrrole nitrogens is 1. The highest BCUT2D eigenvalue weighted by Crippen LogP contribution is 2.25. The van der Waals surface area contributed by atoms with E-state index >= 15 is 0 Å². The number of carbonyl (C=O) groups excluding carboxylic acids is 2. The van der Waals surface area contributed by atoms with Crippen LogP contribution in [-0.4, -0.2) is 33.3 Å². The molecule has 0 saturated heterocycles. The van der Waals surface area contributed by atoms with E-state index in [1.807, 2.05) is 0 Å². The zero-order chi connectivity index (χ0) is 21.1. The third-order valence-corrected chi connectivity index (χ3v) is 4.45. The molecule has 0 saturated carbocycles. The van der Waals surface area contributed by atoms with Gasteiger partial charge in [-0.3, -0.25) is 24.3 Å². The van der Waals surface area contributed by atoms with Crippen molar-refractivity contribution < 1.29 is 19.2 Å². The van der Waals surface area contributed by atoms with Crippen LogP contribution < -0.4 is 10.1 Å². The number of benzene rings is 2. The molecule has 0 aliphatic carbocycles. The molecule has 0 radical (unpaired) electrons. The van der Waals surface area contributed by atoms with Crippen LogP contribution in [-0.2, 0) is 9.59 Å². The SMILES string of the molecule is COc1ccccc1NC(=O)/C(=C/n1c(=S)[nH]c2ccc([N+](=O)[O-])cc21)C(C)=O. The van der Waals surface area contributed by atoms with Gasteiger partial charge in [0.25, 0.3) is 11.6 Å². The molecule has 2 N–H and O–H groups in total. The van der Waals surface area contributed by atoms with Crippen LogP contribution in [0, 0.1) is 14.9 Å². The Morgan fingerprint density at radius 1 is 1.28 bits per heavy atom. The lowest BCUT2D eigenvalue weighted by Crippen LogP contribution is -2.20. The Hall–Kier alpha value is -3.79. The molecule has 0 aliphatic rings. The minimum absolute atomic E-state index is 0.142. The van der Waals surface area contributed by atoms with E-state index in [1.165, 1.54) is 43.0 Å². The van der Waals surface area contributed by atoms with Crippen molar-refractivity contribution in [3.05, 3.63) is 62.9 Å². The Balaban J connectivity index is 2.07. The summed E-state index contributed by atoms with van der Waals surface area (Å²) in [6.07, 6.45) is 1.26. The van der Waals surface area contributed by atoms with Crippen LogP contribution in [0.1, 0.15) is 6.92 Å². The molecule has 0 fully saturated rings. The van der Waals surface area contributed by atoms with Crippen LogP contribution in [0.15, 0.2) is 48.0 Å². The second kappa shape index (κ2) is 8.07. The normalized spacial score (nSPS) is 11.3. The van der Waals surface area contributed by atoms with E-state index < -0.39 is 16.6 Å². The molecule has 2 aromatic carbocycles. The molecule has 148 valence electrons. The summed E-state index contributed by atoms with van der Waals surface area (Å²) >= 11 is 5.25. The van der Waals surface area contributed by atoms with Gasteiger partial charge >= 0.3 is 0 Å². The molecule has 0 aliphatic heterocycles. The molecule has 0 bridgehead atoms. The third-order valence-electron chi connectivity index (χ3n) is 4.15. The molecule has 3 aromatic rings. The Morgan fingerprint density at radius 2 is 2.00 bits per heavy atom. The number of ether oxygens (including phenoxy) is 1. The number of amides is 1. The van der Waals surface area contributed by atoms with Crippen LogP contribution in [0.2, 0.25) is 0 Å². The molecule has 1 amide bonds. The number of imidazole rings is 1. The number of para-hydroxylation sites is 2. The summed E-state index contributed by atoms with van der Waals surface area (Å²) in [6, 6.07) is 10.9. The number of Topliss-reactive ketones (excluding diaryl/α,β-unsaturated/α-hetero) is 1. The fourth-order valence-electron chi connectivity index (χ4n) is 2.73. The van der Waals surface area contributed by atoms with E-state index in [9.17, 15) is 19.7 Å². The van der Waals surface area contributed by atoms with Crippen molar-refractivity contribution >= 4 is 52.5 Å². The molecule has 0 atom stereocenters. The summed E-state index contributed by atoms with van der Waals surface area (Å²) < 4.78 is 6.74. The Bertz CT molecular complexity index is 1220. The van der Waals surface area contributed by atoms with Crippen LogP contribution in [0.5, 0.6) is 5.75 Å². The average molecular weight is 412 g/mol. The quantitative estimate of drug-likeness (QED) is 0.159. The van der Waals surface area contributed by atoms with Crippen molar-refractivity contribution in [1.29, 1.82) is 0 Å². The van der Waals surface area contributed by atoms with Gasteiger partial charge in [-0.15, -0.1) is 0 Å². The van der Waals surface area contributed by atoms with Gasteiger partial charge in [-0.05, 0) is 37.3 Å². The number of nitro groups is 1. The first-order valence-electron chi connectivity index (χ1n) is 8.37. The molecule has 3 rings (SSSR count). The highest BCUT2D eigenvalue weighted by atomic mass is 32.1. The molecular formula is C19H16N4O5S. The van der Waals surface area contributed by atoms with Gasteiger partial charge in [-0.1, -0.05) is 12.1 Å². The van der Waals surface area contributed by atoms with Crippen molar-refractivity contribution in [3.63, 3.8) is 0 Å². The van der Waals surface area contributed by atoms with Gasteiger partial charge < -0.3 is 15.0 Å². The first-order chi connectivity index (χ1) is 13.8. The number of nitrogens with one attached hydrogen (secondary N) is 2. The zero-order valence-corrected chi connectivity index (χ0v) is 16.3. The number of nitro benzene ring substituents is 1. The van der Waals surface area contributed by atoms with Crippen molar-refractivity contribution in [2.45, 2.75) is 6.92 Å². The van der Waals surface area contributed by atoms with Crippen molar-refractivity contribution in [2.24, 2.45) is 0 Å². The fourth-order valence-corrected chi connectivity index (χ4v) is 2.99. The number of nitrogens with zero attached hydrogens (tertiary/aromatic N) is 2. The van der Waals surface area contributed by atoms with Crippen LogP contribution in [0.3, 0.4) is 0 Å². The number of methoxy groups -OCH3 is 1. The standard InChI is InChI=1S/C19H16N4O5S/c1-11(24)13(18(25)20-15-5-3-4-6-17(15)28-2)10-22-16-9-12(23(26)27)7-8-14(16)21-19(22)29/h3-10H,1-2H3,(H,20,25)(H,21,29)/b13-10+. The van der Waals surface area contributed by atoms with Crippen LogP contribution >= 0.6 is 12.2 Å². The molecule has 1 heterocycles. The maximum absolute atomic E-state index is 12.7. The molecule has 1 aromatic heterocycles. The molecule has 0 spiro atoms. The molecular weight excluding hydrogens is 396 g/mol. The number of fused-ring (bicyclic) bond motifs is 1. The Morgan fingerprint density at radius 3 is 2.66 bits per heavy atom. The fraction of sp³-hybridized carbons (Fsp3) is 0.105. The van der Waals surface area contributed by atoms with Crippen LogP contribution in [0.4, 0.5) is 11.4 Å². The Kier molecular flexibility index (Phi) is 5.55. The number of non-ortho nitro benzene ring substituents is 1. The minimum Gasteiger partial charge on any atom is -0.495 e. The lowest BCUT2D eigenvalue weighted by Gasteiger charge is -2.11. The summed E-state index contributed by atoms with van der Waals surface area (Å²) in [4.78, 5) is 38.3. The van der Waals surface area contributed by atoms with E-state index in [1.54, 1.807) is 24.3 Å². The van der Waals surface area contributed by atoms with Gasteiger partial charge in [-0.25, -0.2) is 0 Å². The first-order valence-corrected chi connectivity index (χ1v) is 8.78. The van der Waals surface area contributed by atoms with Crippen molar-refractivity contribution in [3.8, 4) is 5.75 Å². The molecule has 0 unspecified atom stereocenters. The monoisotopic (exact) mass is 412 g/mol. The number of aromatic nitrogens is 2. The molecule has 10 heteroatoms. The summed E-state index contributed by atoms with van der Waals surface area (Å²) in [7, 11) is 1.46. The lowest BCUT2D eigenvalue weighted by atomic mass is 10.1. The van der Waals surface area contributed by atoms with Crippen LogP contribution in [0.25, 0.3) is 17.2 Å². The van der Waals surface area contributed by atoms with E-state index in [2.05, 4.69) is 10.3 Å². The van der Waals surface area contributed by atoms with Crippen molar-refractivity contribution in [1.82, 2.24) is 9.55 Å². The highest BCUT2D eigenvalue weighted by molar-refractivity contribution is 7.71. The molecule has 9 nitrogen and oxygen atoms in total. The number of rotatable bonds is 6. The van der Waals surface area contributed by atoms with Gasteiger partial charge in [0.1, 0.15) is 5.75 Å². The van der Waals surface area contributed by atoms with Gasteiger partial charge in [0, 0.05) is 18.3 Å². The average Bonchev–Trinajstić information content (AvgIpc) is 3.00. The second-order valence-corrected chi connectivity index (χ2v) is 6.40. The maximum Gasteiger partial charge on any atom is 0.271 e. The van der Waals surface area contributed by atoms with Gasteiger partial charge in [0.2, 0.25) is 0 Å². The largest absolute Gasteiger partial charge is 0.495 e. The number of hydrogen-bond acceptors (Lipinski definition) is 6. The number of ketones is 1. The number of anilines is 1. The van der Waals surface area contributed by atoms with Crippen molar-refractivity contribution in [2.75, 3.05) is 12.4 Å². The summed E-state index contributed by atoms with van der Waals surface area (Å²) in [5.41, 5.74) is 0.971. The lowest BCUT2D eigenvalue weighted by molar-refractivity contribution is -0.384. The van der Waals surface area contributed by atoms with Gasteiger partial charge in [0.05, 0.1) is 34.3 Å². The van der Waals surface area contributed by atoms with Gasteiger partial charge in [-0.2, -0.15) is 0 Å². The number of carbonyl (C=O) groups is 2. The summed E-state index contributed by atoms with van der Waals surface area (Å²) in [6.45, 7) is 1.24. The van der Waals surface area contributed by atoms with E-state index in [-0.39, 0.29) is 16.0 Å². The summed E-state index contributed by atoms with van der Waals surface area (Å²) in [5, 5.41) is 13.7. The molecule has 29 heavy (non-hydrogen) atoms. The third kappa shape index (κ3) is 4.06. The number of aromatic amines is 1.